The summed E-state index contributed by atoms with van der Waals surface area (Å²) >= 11 is 6.00. The summed E-state index contributed by atoms with van der Waals surface area (Å²) in [6.07, 6.45) is 0.972. The molecule has 0 aliphatic heterocycles. The van der Waals surface area contributed by atoms with Crippen molar-refractivity contribution in [1.82, 2.24) is 0 Å². The molecular weight excluding hydrogens is 364 g/mol. The number of nitrogens with zero attached hydrogens (tertiary/aromatic N) is 1. The zero-order valence-corrected chi connectivity index (χ0v) is 16.9. The SMILES string of the molecule is CCc1cccc(C)c1N(CCC(=O)Nc1cc(Cl)ccc1OC)C(C)=O. The van der Waals surface area contributed by atoms with Crippen LogP contribution in [0.1, 0.15) is 31.4 Å². The zero-order chi connectivity index (χ0) is 20.0. The molecule has 0 aliphatic rings. The van der Waals surface area contributed by atoms with Gasteiger partial charge in [-0.2, -0.15) is 0 Å². The largest absolute Gasteiger partial charge is 0.495 e. The molecule has 0 aromatic heterocycles. The second kappa shape index (κ2) is 9.42. The highest BCUT2D eigenvalue weighted by Crippen LogP contribution is 2.29. The first-order chi connectivity index (χ1) is 12.9. The summed E-state index contributed by atoms with van der Waals surface area (Å²) in [4.78, 5) is 26.3. The number of carbonyl (C=O) groups excluding carboxylic acids is 2. The predicted octanol–water partition coefficient (Wildman–Crippen LogP) is 4.60. The molecule has 0 radical (unpaired) electrons. The van der Waals surface area contributed by atoms with E-state index < -0.39 is 0 Å². The number of aryl methyl sites for hydroxylation is 2. The third-order valence-corrected chi connectivity index (χ3v) is 4.59. The first kappa shape index (κ1) is 20.8. The lowest BCUT2D eigenvalue weighted by atomic mass is 10.0. The Balaban J connectivity index is 2.15. The van der Waals surface area contributed by atoms with E-state index in [-0.39, 0.29) is 18.2 Å². The second-order valence-electron chi connectivity index (χ2n) is 6.25. The lowest BCUT2D eigenvalue weighted by Crippen LogP contribution is -2.33. The number of para-hydroxylation sites is 1. The average Bonchev–Trinajstić information content (AvgIpc) is 2.62. The van der Waals surface area contributed by atoms with E-state index in [0.717, 1.165) is 23.2 Å². The average molecular weight is 389 g/mol. The number of nitrogens with one attached hydrogen (secondary N) is 1. The molecule has 0 saturated heterocycles. The quantitative estimate of drug-likeness (QED) is 0.754. The monoisotopic (exact) mass is 388 g/mol. The summed E-state index contributed by atoms with van der Waals surface area (Å²) in [5, 5.41) is 3.31. The minimum absolute atomic E-state index is 0.0906. The van der Waals surface area contributed by atoms with Crippen LogP contribution in [0.25, 0.3) is 0 Å². The van der Waals surface area contributed by atoms with Crippen LogP contribution in [-0.2, 0) is 16.0 Å². The molecule has 27 heavy (non-hydrogen) atoms. The summed E-state index contributed by atoms with van der Waals surface area (Å²) < 4.78 is 5.24. The molecule has 0 fully saturated rings. The summed E-state index contributed by atoms with van der Waals surface area (Å²) in [5.41, 5.74) is 3.50. The fourth-order valence-electron chi connectivity index (χ4n) is 3.02. The molecule has 0 atom stereocenters. The molecule has 0 bridgehead atoms. The summed E-state index contributed by atoms with van der Waals surface area (Å²) in [6, 6.07) is 11.0. The van der Waals surface area contributed by atoms with Crippen LogP contribution >= 0.6 is 11.6 Å². The fourth-order valence-corrected chi connectivity index (χ4v) is 3.19. The van der Waals surface area contributed by atoms with Gasteiger partial charge in [-0.05, 0) is 42.7 Å². The Bertz CT molecular complexity index is 836. The van der Waals surface area contributed by atoms with Crippen LogP contribution in [0.4, 0.5) is 11.4 Å². The fraction of sp³-hybridized carbons (Fsp3) is 0.333. The van der Waals surface area contributed by atoms with Gasteiger partial charge in [0.15, 0.2) is 0 Å². The first-order valence-electron chi connectivity index (χ1n) is 8.87. The molecule has 0 heterocycles. The predicted molar refractivity (Wildman–Crippen MR) is 110 cm³/mol. The molecule has 5 nitrogen and oxygen atoms in total. The van der Waals surface area contributed by atoms with Gasteiger partial charge in [0.2, 0.25) is 11.8 Å². The number of hydrogen-bond acceptors (Lipinski definition) is 3. The van der Waals surface area contributed by atoms with Crippen molar-refractivity contribution in [2.45, 2.75) is 33.6 Å². The summed E-state index contributed by atoms with van der Waals surface area (Å²) in [5.74, 6) is 0.226. The molecule has 0 saturated carbocycles. The Hall–Kier alpha value is -2.53. The van der Waals surface area contributed by atoms with E-state index >= 15 is 0 Å². The van der Waals surface area contributed by atoms with E-state index in [2.05, 4.69) is 12.2 Å². The van der Waals surface area contributed by atoms with E-state index in [1.807, 2.05) is 25.1 Å². The number of amides is 2. The third kappa shape index (κ3) is 5.23. The van der Waals surface area contributed by atoms with Crippen molar-refractivity contribution in [2.24, 2.45) is 0 Å². The van der Waals surface area contributed by atoms with E-state index in [9.17, 15) is 9.59 Å². The molecule has 0 aliphatic carbocycles. The van der Waals surface area contributed by atoms with Crippen molar-refractivity contribution in [3.63, 3.8) is 0 Å². The maximum Gasteiger partial charge on any atom is 0.226 e. The molecule has 2 amide bonds. The number of anilines is 2. The lowest BCUT2D eigenvalue weighted by Gasteiger charge is -2.25. The van der Waals surface area contributed by atoms with Crippen LogP contribution < -0.4 is 15.0 Å². The molecule has 2 aromatic rings. The number of rotatable bonds is 7. The van der Waals surface area contributed by atoms with Gasteiger partial charge in [0, 0.05) is 30.6 Å². The van der Waals surface area contributed by atoms with Gasteiger partial charge in [-0.3, -0.25) is 9.59 Å². The van der Waals surface area contributed by atoms with Gasteiger partial charge in [0.05, 0.1) is 12.8 Å². The van der Waals surface area contributed by atoms with Crippen LogP contribution in [0.3, 0.4) is 0 Å². The number of ether oxygens (including phenoxy) is 1. The Morgan fingerprint density at radius 3 is 2.59 bits per heavy atom. The van der Waals surface area contributed by atoms with Crippen molar-refractivity contribution in [3.8, 4) is 5.75 Å². The van der Waals surface area contributed by atoms with Crippen molar-refractivity contribution in [1.29, 1.82) is 0 Å². The van der Waals surface area contributed by atoms with Gasteiger partial charge >= 0.3 is 0 Å². The van der Waals surface area contributed by atoms with Gasteiger partial charge in [-0.25, -0.2) is 0 Å². The minimum atomic E-state index is -0.214. The Morgan fingerprint density at radius 1 is 1.22 bits per heavy atom. The zero-order valence-electron chi connectivity index (χ0n) is 16.1. The summed E-state index contributed by atoms with van der Waals surface area (Å²) in [6.45, 7) is 5.84. The van der Waals surface area contributed by atoms with Crippen molar-refractivity contribution < 1.29 is 14.3 Å². The molecule has 1 N–H and O–H groups in total. The van der Waals surface area contributed by atoms with Crippen molar-refractivity contribution in [2.75, 3.05) is 23.9 Å². The van der Waals surface area contributed by atoms with E-state index in [1.54, 1.807) is 23.1 Å². The molecule has 2 aromatic carbocycles. The number of benzene rings is 2. The third-order valence-electron chi connectivity index (χ3n) is 4.35. The number of methoxy groups -OCH3 is 1. The van der Waals surface area contributed by atoms with Crippen LogP contribution in [-0.4, -0.2) is 25.5 Å². The Kier molecular flexibility index (Phi) is 7.25. The molecule has 0 unspecified atom stereocenters. The normalized spacial score (nSPS) is 10.4. The van der Waals surface area contributed by atoms with Gasteiger partial charge in [0.25, 0.3) is 0 Å². The molecule has 6 heteroatoms. The highest BCUT2D eigenvalue weighted by atomic mass is 35.5. The smallest absolute Gasteiger partial charge is 0.226 e. The van der Waals surface area contributed by atoms with Crippen LogP contribution in [0.5, 0.6) is 5.75 Å². The number of hydrogen-bond donors (Lipinski definition) is 1. The maximum atomic E-state index is 12.4. The van der Waals surface area contributed by atoms with E-state index in [4.69, 9.17) is 16.3 Å². The lowest BCUT2D eigenvalue weighted by molar-refractivity contribution is -0.117. The van der Waals surface area contributed by atoms with Crippen molar-refractivity contribution >= 4 is 34.8 Å². The minimum Gasteiger partial charge on any atom is -0.495 e. The molecule has 0 spiro atoms. The van der Waals surface area contributed by atoms with Crippen LogP contribution in [0.15, 0.2) is 36.4 Å². The van der Waals surface area contributed by atoms with Gasteiger partial charge < -0.3 is 15.0 Å². The van der Waals surface area contributed by atoms with Crippen molar-refractivity contribution in [3.05, 3.63) is 52.5 Å². The van der Waals surface area contributed by atoms with Crippen LogP contribution in [0.2, 0.25) is 5.02 Å². The van der Waals surface area contributed by atoms with Gasteiger partial charge in [-0.1, -0.05) is 36.7 Å². The van der Waals surface area contributed by atoms with E-state index in [0.29, 0.717) is 23.0 Å². The maximum absolute atomic E-state index is 12.4. The Labute approximate surface area is 165 Å². The van der Waals surface area contributed by atoms with E-state index in [1.165, 1.54) is 14.0 Å². The Morgan fingerprint density at radius 2 is 1.96 bits per heavy atom. The highest BCUT2D eigenvalue weighted by molar-refractivity contribution is 6.31. The molecular formula is C21H25ClN2O3. The van der Waals surface area contributed by atoms with Crippen LogP contribution in [0, 0.1) is 6.92 Å². The molecule has 2 rings (SSSR count). The number of halogens is 1. The molecule has 144 valence electrons. The highest BCUT2D eigenvalue weighted by Gasteiger charge is 2.18. The standard InChI is InChI=1S/C21H25ClN2O3/c1-5-16-8-6-7-14(2)21(16)24(15(3)25)12-11-20(26)23-18-13-17(22)9-10-19(18)27-4/h6-10,13H,5,11-12H2,1-4H3,(H,23,26). The number of carbonyl (C=O) groups is 2. The first-order valence-corrected chi connectivity index (χ1v) is 9.25. The summed E-state index contributed by atoms with van der Waals surface area (Å²) in [7, 11) is 1.53. The topological polar surface area (TPSA) is 58.6 Å². The van der Waals surface area contributed by atoms with Gasteiger partial charge in [0.1, 0.15) is 5.75 Å². The second-order valence-corrected chi connectivity index (χ2v) is 6.69. The van der Waals surface area contributed by atoms with Gasteiger partial charge in [-0.15, -0.1) is 0 Å².